The third-order valence-electron chi connectivity index (χ3n) is 5.70. The quantitative estimate of drug-likeness (QED) is 0.564. The summed E-state index contributed by atoms with van der Waals surface area (Å²) < 4.78 is 5.16. The van der Waals surface area contributed by atoms with Crippen molar-refractivity contribution in [2.24, 2.45) is 0 Å². The molecule has 2 aromatic carbocycles. The van der Waals surface area contributed by atoms with E-state index in [0.29, 0.717) is 18.1 Å². The van der Waals surface area contributed by atoms with Gasteiger partial charge in [0.15, 0.2) is 0 Å². The van der Waals surface area contributed by atoms with Gasteiger partial charge in [-0.25, -0.2) is 0 Å². The number of hydrogen-bond donors (Lipinski definition) is 2. The van der Waals surface area contributed by atoms with Crippen LogP contribution >= 0.6 is 0 Å². The van der Waals surface area contributed by atoms with Crippen molar-refractivity contribution < 1.29 is 4.74 Å². The standard InChI is InChI=1S/C24H30N6O2/c1-3-12-29-13-15-30(16-14-29)20-8-6-19(7-9-20)25-24-26-23(31)22(27-28-24)17-18-4-10-21(32-2)11-5-18/h4-11H,3,12-17H2,1-2H3,(H2,25,26,28,31). The SMILES string of the molecule is CCCN1CCN(c2ccc(Nc3nnc(Cc4ccc(OC)cc4)c(=O)[nH]3)cc2)CC1. The summed E-state index contributed by atoms with van der Waals surface area (Å²) in [6.07, 6.45) is 1.61. The number of benzene rings is 2. The molecule has 3 aromatic rings. The molecule has 0 aliphatic carbocycles. The van der Waals surface area contributed by atoms with Crippen LogP contribution in [-0.2, 0) is 6.42 Å². The first-order valence-corrected chi connectivity index (χ1v) is 11.1. The Morgan fingerprint density at radius 2 is 1.72 bits per heavy atom. The van der Waals surface area contributed by atoms with Crippen LogP contribution in [0.25, 0.3) is 0 Å². The van der Waals surface area contributed by atoms with Crippen molar-refractivity contribution in [2.45, 2.75) is 19.8 Å². The van der Waals surface area contributed by atoms with Crippen LogP contribution in [0.3, 0.4) is 0 Å². The Labute approximate surface area is 188 Å². The first-order chi connectivity index (χ1) is 15.6. The summed E-state index contributed by atoms with van der Waals surface area (Å²) in [6, 6.07) is 15.7. The lowest BCUT2D eigenvalue weighted by Crippen LogP contribution is -2.46. The van der Waals surface area contributed by atoms with Gasteiger partial charge in [-0.3, -0.25) is 14.7 Å². The monoisotopic (exact) mass is 434 g/mol. The molecule has 1 aliphatic heterocycles. The maximum absolute atomic E-state index is 12.5. The molecule has 2 heterocycles. The van der Waals surface area contributed by atoms with E-state index in [4.69, 9.17) is 4.74 Å². The number of anilines is 3. The second-order valence-electron chi connectivity index (χ2n) is 7.97. The van der Waals surface area contributed by atoms with Crippen LogP contribution in [0.2, 0.25) is 0 Å². The van der Waals surface area contributed by atoms with Crippen molar-refractivity contribution in [3.05, 3.63) is 70.1 Å². The number of ether oxygens (including phenoxy) is 1. The van der Waals surface area contributed by atoms with Gasteiger partial charge < -0.3 is 15.0 Å². The molecule has 0 saturated carbocycles. The van der Waals surface area contributed by atoms with Gasteiger partial charge in [0.1, 0.15) is 11.4 Å². The van der Waals surface area contributed by atoms with Gasteiger partial charge in [-0.2, -0.15) is 0 Å². The fraction of sp³-hybridized carbons (Fsp3) is 0.375. The minimum atomic E-state index is -0.250. The van der Waals surface area contributed by atoms with Crippen LogP contribution in [0.15, 0.2) is 53.3 Å². The molecule has 8 heteroatoms. The molecule has 2 N–H and O–H groups in total. The van der Waals surface area contributed by atoms with Gasteiger partial charge in [0.2, 0.25) is 5.95 Å². The number of aromatic nitrogens is 3. The number of H-pyrrole nitrogens is 1. The van der Waals surface area contributed by atoms with Crippen LogP contribution < -0.4 is 20.5 Å². The fourth-order valence-electron chi connectivity index (χ4n) is 3.91. The van der Waals surface area contributed by atoms with E-state index in [9.17, 15) is 4.79 Å². The van der Waals surface area contributed by atoms with Crippen molar-refractivity contribution in [3.8, 4) is 5.75 Å². The van der Waals surface area contributed by atoms with E-state index in [0.717, 1.165) is 43.2 Å². The molecule has 0 bridgehead atoms. The molecule has 1 saturated heterocycles. The van der Waals surface area contributed by atoms with Crippen LogP contribution in [0.1, 0.15) is 24.6 Å². The zero-order valence-corrected chi connectivity index (χ0v) is 18.7. The number of piperazine rings is 1. The van der Waals surface area contributed by atoms with Crippen molar-refractivity contribution >= 4 is 17.3 Å². The van der Waals surface area contributed by atoms with Crippen LogP contribution in [-0.4, -0.2) is 59.9 Å². The summed E-state index contributed by atoms with van der Waals surface area (Å²) >= 11 is 0. The van der Waals surface area contributed by atoms with Crippen LogP contribution in [0, 0.1) is 0 Å². The summed E-state index contributed by atoms with van der Waals surface area (Å²) in [4.78, 5) is 20.2. The maximum Gasteiger partial charge on any atom is 0.274 e. The van der Waals surface area contributed by atoms with Gasteiger partial charge in [0.05, 0.1) is 7.11 Å². The van der Waals surface area contributed by atoms with E-state index in [2.05, 4.69) is 49.4 Å². The number of rotatable bonds is 8. The summed E-state index contributed by atoms with van der Waals surface area (Å²) in [7, 11) is 1.62. The Morgan fingerprint density at radius 1 is 1.00 bits per heavy atom. The molecule has 1 fully saturated rings. The number of nitrogens with one attached hydrogen (secondary N) is 2. The molecule has 0 atom stereocenters. The molecule has 1 aromatic heterocycles. The van der Waals surface area contributed by atoms with Gasteiger partial charge in [0, 0.05) is 44.0 Å². The molecule has 0 unspecified atom stereocenters. The Morgan fingerprint density at radius 3 is 2.34 bits per heavy atom. The number of aromatic amines is 1. The zero-order valence-electron chi connectivity index (χ0n) is 18.7. The van der Waals surface area contributed by atoms with Gasteiger partial charge in [-0.15, -0.1) is 10.2 Å². The zero-order chi connectivity index (χ0) is 22.3. The summed E-state index contributed by atoms with van der Waals surface area (Å²) in [5.74, 6) is 1.10. The molecular weight excluding hydrogens is 404 g/mol. The van der Waals surface area contributed by atoms with Crippen molar-refractivity contribution in [1.29, 1.82) is 0 Å². The molecule has 8 nitrogen and oxygen atoms in total. The normalized spacial score (nSPS) is 14.4. The summed E-state index contributed by atoms with van der Waals surface area (Å²) in [5.41, 5.74) is 3.16. The predicted octanol–water partition coefficient (Wildman–Crippen LogP) is 3.04. The lowest BCUT2D eigenvalue weighted by molar-refractivity contribution is 0.258. The lowest BCUT2D eigenvalue weighted by Gasteiger charge is -2.36. The molecule has 0 amide bonds. The van der Waals surface area contributed by atoms with E-state index >= 15 is 0 Å². The van der Waals surface area contributed by atoms with Gasteiger partial charge in [0.25, 0.3) is 5.56 Å². The first kappa shape index (κ1) is 21.8. The average molecular weight is 435 g/mol. The third kappa shape index (κ3) is 5.45. The predicted molar refractivity (Wildman–Crippen MR) is 127 cm³/mol. The number of hydrogen-bond acceptors (Lipinski definition) is 7. The molecule has 0 spiro atoms. The van der Waals surface area contributed by atoms with Crippen molar-refractivity contribution in [3.63, 3.8) is 0 Å². The van der Waals surface area contributed by atoms with E-state index < -0.39 is 0 Å². The average Bonchev–Trinajstić information content (AvgIpc) is 2.83. The summed E-state index contributed by atoms with van der Waals surface area (Å²) in [5, 5.41) is 11.4. The second kappa shape index (κ2) is 10.3. The maximum atomic E-state index is 12.5. The first-order valence-electron chi connectivity index (χ1n) is 11.1. The second-order valence-corrected chi connectivity index (χ2v) is 7.97. The van der Waals surface area contributed by atoms with Crippen LogP contribution in [0.5, 0.6) is 5.75 Å². The van der Waals surface area contributed by atoms with Gasteiger partial charge >= 0.3 is 0 Å². The molecule has 1 aliphatic rings. The summed E-state index contributed by atoms with van der Waals surface area (Å²) in [6.45, 7) is 7.70. The Bertz CT molecular complexity index is 1060. The minimum Gasteiger partial charge on any atom is -0.497 e. The largest absolute Gasteiger partial charge is 0.497 e. The van der Waals surface area contributed by atoms with E-state index in [-0.39, 0.29) is 5.56 Å². The van der Waals surface area contributed by atoms with E-state index in [1.807, 2.05) is 36.4 Å². The van der Waals surface area contributed by atoms with E-state index in [1.54, 1.807) is 7.11 Å². The molecule has 32 heavy (non-hydrogen) atoms. The fourth-order valence-corrected chi connectivity index (χ4v) is 3.91. The Hall–Kier alpha value is -3.39. The van der Waals surface area contributed by atoms with E-state index in [1.165, 1.54) is 18.7 Å². The smallest absolute Gasteiger partial charge is 0.274 e. The Balaban J connectivity index is 1.35. The number of nitrogens with zero attached hydrogens (tertiary/aromatic N) is 4. The third-order valence-corrected chi connectivity index (χ3v) is 5.70. The Kier molecular flexibility index (Phi) is 7.01. The molecule has 0 radical (unpaired) electrons. The minimum absolute atomic E-state index is 0.250. The lowest BCUT2D eigenvalue weighted by atomic mass is 10.1. The molecule has 168 valence electrons. The highest BCUT2D eigenvalue weighted by atomic mass is 16.5. The highest BCUT2D eigenvalue weighted by Gasteiger charge is 2.16. The highest BCUT2D eigenvalue weighted by Crippen LogP contribution is 2.21. The van der Waals surface area contributed by atoms with Crippen molar-refractivity contribution in [1.82, 2.24) is 20.1 Å². The topological polar surface area (TPSA) is 86.4 Å². The van der Waals surface area contributed by atoms with Crippen LogP contribution in [0.4, 0.5) is 17.3 Å². The van der Waals surface area contributed by atoms with Gasteiger partial charge in [-0.1, -0.05) is 19.1 Å². The number of methoxy groups -OCH3 is 1. The van der Waals surface area contributed by atoms with Gasteiger partial charge in [-0.05, 0) is 54.9 Å². The molecular formula is C24H30N6O2. The van der Waals surface area contributed by atoms with Crippen molar-refractivity contribution in [2.75, 3.05) is 50.1 Å². The highest BCUT2D eigenvalue weighted by molar-refractivity contribution is 5.59. The molecule has 4 rings (SSSR count).